The lowest BCUT2D eigenvalue weighted by Crippen LogP contribution is -2.23. The molecule has 0 saturated heterocycles. The van der Waals surface area contributed by atoms with Crippen molar-refractivity contribution >= 4 is 38.8 Å². The topological polar surface area (TPSA) is 72.7 Å². The molecule has 4 rings (SSSR count). The molecule has 0 atom stereocenters. The van der Waals surface area contributed by atoms with Crippen molar-refractivity contribution in [1.82, 2.24) is 24.8 Å². The van der Waals surface area contributed by atoms with E-state index in [9.17, 15) is 4.79 Å². The largest absolute Gasteiger partial charge is 0.349 e. The zero-order valence-corrected chi connectivity index (χ0v) is 17.7. The lowest BCUT2D eigenvalue weighted by Gasteiger charge is -2.08. The molecule has 8 heteroatoms. The maximum atomic E-state index is 11.9. The van der Waals surface area contributed by atoms with Gasteiger partial charge in [-0.1, -0.05) is 13.0 Å². The fourth-order valence-electron chi connectivity index (χ4n) is 3.14. The van der Waals surface area contributed by atoms with Crippen LogP contribution < -0.4 is 5.32 Å². The fourth-order valence-corrected chi connectivity index (χ4v) is 4.64. The Morgan fingerprint density at radius 3 is 2.86 bits per heavy atom. The molecule has 0 aliphatic carbocycles. The molecule has 1 N–H and O–H groups in total. The number of aromatic nitrogens is 4. The number of nitrogens with zero attached hydrogens (tertiary/aromatic N) is 4. The van der Waals surface area contributed by atoms with Gasteiger partial charge in [-0.2, -0.15) is 0 Å². The summed E-state index contributed by atoms with van der Waals surface area (Å²) in [6, 6.07) is 6.25. The quantitative estimate of drug-likeness (QED) is 0.505. The van der Waals surface area contributed by atoms with Crippen molar-refractivity contribution in [3.63, 3.8) is 0 Å². The van der Waals surface area contributed by atoms with E-state index in [-0.39, 0.29) is 5.91 Å². The Hall–Kier alpha value is -2.58. The Morgan fingerprint density at radius 1 is 1.25 bits per heavy atom. The van der Waals surface area contributed by atoms with Crippen molar-refractivity contribution in [1.29, 1.82) is 0 Å². The van der Waals surface area contributed by atoms with Gasteiger partial charge in [-0.15, -0.1) is 22.7 Å². The minimum absolute atomic E-state index is 0.0461. The molecular formula is C20H21N5OS2. The van der Waals surface area contributed by atoms with E-state index in [1.165, 1.54) is 0 Å². The molecule has 6 nitrogen and oxygen atoms in total. The van der Waals surface area contributed by atoms with Crippen molar-refractivity contribution < 1.29 is 4.79 Å². The summed E-state index contributed by atoms with van der Waals surface area (Å²) in [6.07, 6.45) is 1.36. The van der Waals surface area contributed by atoms with Crippen LogP contribution in [0.3, 0.4) is 0 Å². The number of imidazole rings is 1. The average Bonchev–Trinajstić information content (AvgIpc) is 3.38. The summed E-state index contributed by atoms with van der Waals surface area (Å²) in [5.41, 5.74) is 6.76. The van der Waals surface area contributed by atoms with E-state index in [1.54, 1.807) is 22.7 Å². The molecule has 0 aliphatic heterocycles. The van der Waals surface area contributed by atoms with Gasteiger partial charge in [-0.25, -0.2) is 15.0 Å². The molecule has 0 radical (unpaired) electrons. The van der Waals surface area contributed by atoms with Crippen LogP contribution in [0.1, 0.15) is 31.3 Å². The number of hydrogen-bond donors (Lipinski definition) is 1. The number of carbonyl (C=O) groups excluding carboxylic acids is 1. The second kappa shape index (κ2) is 7.81. The summed E-state index contributed by atoms with van der Waals surface area (Å²) in [6.45, 7) is 4.38. The van der Waals surface area contributed by atoms with Gasteiger partial charge in [0.15, 0.2) is 0 Å². The van der Waals surface area contributed by atoms with Gasteiger partial charge in [-0.05, 0) is 25.5 Å². The van der Waals surface area contributed by atoms with Crippen LogP contribution >= 0.6 is 22.7 Å². The lowest BCUT2D eigenvalue weighted by atomic mass is 10.1. The highest BCUT2D eigenvalue weighted by molar-refractivity contribution is 7.16. The van der Waals surface area contributed by atoms with Crippen molar-refractivity contribution in [2.45, 2.75) is 33.2 Å². The second-order valence-electron chi connectivity index (χ2n) is 6.64. The van der Waals surface area contributed by atoms with Crippen LogP contribution in [0.15, 0.2) is 29.1 Å². The SMILES string of the molecule is CCCC(=O)NCc1nc(-c2nc(C)cs2)c(-c2ccc3ncsc3c2)n1C. The molecule has 1 aromatic carbocycles. The molecule has 0 spiro atoms. The van der Waals surface area contributed by atoms with E-state index in [0.29, 0.717) is 13.0 Å². The molecule has 28 heavy (non-hydrogen) atoms. The summed E-state index contributed by atoms with van der Waals surface area (Å²) in [5.74, 6) is 0.858. The highest BCUT2D eigenvalue weighted by atomic mass is 32.1. The zero-order chi connectivity index (χ0) is 19.7. The average molecular weight is 412 g/mol. The molecule has 1 amide bonds. The second-order valence-corrected chi connectivity index (χ2v) is 8.38. The zero-order valence-electron chi connectivity index (χ0n) is 16.0. The molecule has 4 aromatic rings. The monoisotopic (exact) mass is 411 g/mol. The molecule has 144 valence electrons. The van der Waals surface area contributed by atoms with Gasteiger partial charge in [0.05, 0.1) is 28.0 Å². The van der Waals surface area contributed by atoms with Gasteiger partial charge in [0.25, 0.3) is 0 Å². The van der Waals surface area contributed by atoms with Crippen LogP contribution in [0.5, 0.6) is 0 Å². The molecule has 0 aliphatic rings. The first-order chi connectivity index (χ1) is 13.6. The van der Waals surface area contributed by atoms with Gasteiger partial charge in [0.1, 0.15) is 16.5 Å². The normalized spacial score (nSPS) is 11.2. The standard InChI is InChI=1S/C20H21N5OS2/c1-4-5-17(26)21-9-16-24-18(20-23-12(2)10-27-20)19(25(16)3)13-6-7-14-15(8-13)28-11-22-14/h6-8,10-11H,4-5,9H2,1-3H3,(H,21,26). The van der Waals surface area contributed by atoms with Crippen LogP contribution in [0.2, 0.25) is 0 Å². The van der Waals surface area contributed by atoms with Gasteiger partial charge < -0.3 is 9.88 Å². The van der Waals surface area contributed by atoms with E-state index < -0.39 is 0 Å². The van der Waals surface area contributed by atoms with E-state index in [2.05, 4.69) is 32.0 Å². The minimum Gasteiger partial charge on any atom is -0.349 e. The van der Waals surface area contributed by atoms with Crippen LogP contribution in [-0.4, -0.2) is 25.4 Å². The summed E-state index contributed by atoms with van der Waals surface area (Å²) in [5, 5.41) is 5.89. The third-order valence-corrected chi connectivity index (χ3v) is 6.29. The van der Waals surface area contributed by atoms with Gasteiger partial charge in [0, 0.05) is 30.1 Å². The number of hydrogen-bond acceptors (Lipinski definition) is 6. The predicted molar refractivity (Wildman–Crippen MR) is 114 cm³/mol. The Balaban J connectivity index is 1.79. The summed E-state index contributed by atoms with van der Waals surface area (Å²) < 4.78 is 3.19. The van der Waals surface area contributed by atoms with E-state index in [1.807, 2.05) is 37.9 Å². The molecule has 3 heterocycles. The summed E-state index contributed by atoms with van der Waals surface area (Å²) in [4.78, 5) is 25.8. The van der Waals surface area contributed by atoms with Crippen molar-refractivity contribution in [2.24, 2.45) is 7.05 Å². The first-order valence-corrected chi connectivity index (χ1v) is 10.9. The Labute approximate surface area is 171 Å². The highest BCUT2D eigenvalue weighted by Gasteiger charge is 2.21. The first-order valence-electron chi connectivity index (χ1n) is 9.15. The molecule has 3 aromatic heterocycles. The minimum atomic E-state index is 0.0461. The maximum Gasteiger partial charge on any atom is 0.220 e. The number of benzene rings is 1. The van der Waals surface area contributed by atoms with Crippen LogP contribution in [0.4, 0.5) is 0 Å². The lowest BCUT2D eigenvalue weighted by molar-refractivity contribution is -0.121. The van der Waals surface area contributed by atoms with Gasteiger partial charge >= 0.3 is 0 Å². The number of rotatable bonds is 6. The van der Waals surface area contributed by atoms with Crippen molar-refractivity contribution in [3.8, 4) is 22.0 Å². The number of amides is 1. The number of aryl methyl sites for hydroxylation is 1. The Kier molecular flexibility index (Phi) is 5.23. The predicted octanol–water partition coefficient (Wildman–Crippen LogP) is 4.55. The van der Waals surface area contributed by atoms with Gasteiger partial charge in [0.2, 0.25) is 5.91 Å². The smallest absolute Gasteiger partial charge is 0.220 e. The van der Waals surface area contributed by atoms with Crippen LogP contribution in [0, 0.1) is 6.92 Å². The van der Waals surface area contributed by atoms with Crippen LogP contribution in [-0.2, 0) is 18.4 Å². The molecule has 0 unspecified atom stereocenters. The van der Waals surface area contributed by atoms with Crippen molar-refractivity contribution in [3.05, 3.63) is 40.6 Å². The third kappa shape index (κ3) is 3.57. The number of fused-ring (bicyclic) bond motifs is 1. The third-order valence-electron chi connectivity index (χ3n) is 4.53. The summed E-state index contributed by atoms with van der Waals surface area (Å²) >= 11 is 3.21. The van der Waals surface area contributed by atoms with Crippen molar-refractivity contribution in [2.75, 3.05) is 0 Å². The van der Waals surface area contributed by atoms with Gasteiger partial charge in [-0.3, -0.25) is 4.79 Å². The molecular weight excluding hydrogens is 390 g/mol. The number of carbonyl (C=O) groups is 1. The van der Waals surface area contributed by atoms with Crippen LogP contribution in [0.25, 0.3) is 32.2 Å². The molecule has 0 bridgehead atoms. The number of nitrogens with one attached hydrogen (secondary N) is 1. The Bertz CT molecular complexity index is 1140. The number of thiazole rings is 2. The van der Waals surface area contributed by atoms with E-state index >= 15 is 0 Å². The summed E-state index contributed by atoms with van der Waals surface area (Å²) in [7, 11) is 1.99. The van der Waals surface area contributed by atoms with E-state index in [0.717, 1.165) is 50.1 Å². The first kappa shape index (κ1) is 18.8. The Morgan fingerprint density at radius 2 is 2.11 bits per heavy atom. The highest BCUT2D eigenvalue weighted by Crippen LogP contribution is 2.35. The molecule has 0 fully saturated rings. The maximum absolute atomic E-state index is 11.9. The fraction of sp³-hybridized carbons (Fsp3) is 0.300. The van der Waals surface area contributed by atoms with E-state index in [4.69, 9.17) is 4.98 Å². The molecule has 0 saturated carbocycles.